The first-order chi connectivity index (χ1) is 16.0. The average molecular weight is 441 g/mol. The van der Waals surface area contributed by atoms with Crippen molar-refractivity contribution in [3.05, 3.63) is 101 Å². The zero-order valence-electron chi connectivity index (χ0n) is 17.7. The molecule has 0 saturated carbocycles. The van der Waals surface area contributed by atoms with E-state index in [0.29, 0.717) is 28.1 Å². The largest absolute Gasteiger partial charge is 0.496 e. The molecule has 1 aliphatic rings. The van der Waals surface area contributed by atoms with Gasteiger partial charge in [-0.1, -0.05) is 24.3 Å². The van der Waals surface area contributed by atoms with E-state index in [0.717, 1.165) is 10.5 Å². The summed E-state index contributed by atoms with van der Waals surface area (Å²) in [7, 11) is 1.46. The second kappa shape index (κ2) is 8.23. The highest BCUT2D eigenvalue weighted by atomic mass is 16.5. The van der Waals surface area contributed by atoms with Crippen molar-refractivity contribution in [2.75, 3.05) is 7.11 Å². The van der Waals surface area contributed by atoms with Crippen LogP contribution in [-0.4, -0.2) is 39.2 Å². The number of aromatic nitrogens is 2. The van der Waals surface area contributed by atoms with Crippen molar-refractivity contribution < 1.29 is 23.9 Å². The minimum Gasteiger partial charge on any atom is -0.496 e. The van der Waals surface area contributed by atoms with Crippen molar-refractivity contribution in [3.8, 4) is 5.75 Å². The van der Waals surface area contributed by atoms with E-state index in [1.165, 1.54) is 7.11 Å². The number of imidazole rings is 1. The molecule has 4 aromatic rings. The summed E-state index contributed by atoms with van der Waals surface area (Å²) in [6.07, 6.45) is 3.65. The molecule has 0 spiro atoms. The van der Waals surface area contributed by atoms with Gasteiger partial charge in [-0.25, -0.2) is 9.78 Å². The van der Waals surface area contributed by atoms with Gasteiger partial charge < -0.3 is 13.9 Å². The predicted molar refractivity (Wildman–Crippen MR) is 118 cm³/mol. The number of carbonyl (C=O) groups excluding carboxylic acids is 3. The van der Waals surface area contributed by atoms with Crippen LogP contribution in [0.2, 0.25) is 0 Å². The summed E-state index contributed by atoms with van der Waals surface area (Å²) in [5.41, 5.74) is 2.92. The molecule has 8 nitrogen and oxygen atoms in total. The number of ether oxygens (including phenoxy) is 2. The normalized spacial score (nSPS) is 12.8. The standard InChI is InChI=1S/C25H19N3O5/c1-32-21-10-9-16(13-28-23(29)18-6-2-3-7-19(18)24(28)30)12-20(21)25(31)33-15-17-14-27-11-5-4-8-22(27)26-17/h2-12,14H,13,15H2,1H3. The number of nitrogens with zero attached hydrogens (tertiary/aromatic N) is 3. The highest BCUT2D eigenvalue weighted by molar-refractivity contribution is 6.21. The van der Waals surface area contributed by atoms with E-state index in [9.17, 15) is 14.4 Å². The van der Waals surface area contributed by atoms with Crippen molar-refractivity contribution in [1.29, 1.82) is 0 Å². The van der Waals surface area contributed by atoms with Crippen LogP contribution in [0.5, 0.6) is 5.75 Å². The first-order valence-electron chi connectivity index (χ1n) is 10.3. The van der Waals surface area contributed by atoms with Gasteiger partial charge >= 0.3 is 5.97 Å². The third kappa shape index (κ3) is 3.71. The first kappa shape index (κ1) is 20.4. The molecule has 0 radical (unpaired) electrons. The Hall–Kier alpha value is -4.46. The van der Waals surface area contributed by atoms with Gasteiger partial charge in [-0.05, 0) is 42.0 Å². The lowest BCUT2D eigenvalue weighted by molar-refractivity contribution is 0.0464. The molecule has 8 heteroatoms. The van der Waals surface area contributed by atoms with Crippen LogP contribution in [0, 0.1) is 0 Å². The highest BCUT2D eigenvalue weighted by Crippen LogP contribution is 2.27. The van der Waals surface area contributed by atoms with E-state index < -0.39 is 5.97 Å². The molecular weight excluding hydrogens is 422 g/mol. The molecule has 0 saturated heterocycles. The van der Waals surface area contributed by atoms with Gasteiger partial charge in [-0.3, -0.25) is 14.5 Å². The summed E-state index contributed by atoms with van der Waals surface area (Å²) in [5, 5.41) is 0. The Kier molecular flexibility index (Phi) is 5.10. The van der Waals surface area contributed by atoms with Crippen molar-refractivity contribution in [1.82, 2.24) is 14.3 Å². The van der Waals surface area contributed by atoms with Crippen LogP contribution in [0.4, 0.5) is 0 Å². The molecular formula is C25H19N3O5. The fourth-order valence-electron chi connectivity index (χ4n) is 3.85. The molecule has 0 N–H and O–H groups in total. The predicted octanol–water partition coefficient (Wildman–Crippen LogP) is 3.50. The number of rotatable bonds is 6. The molecule has 0 bridgehead atoms. The zero-order valence-corrected chi connectivity index (χ0v) is 17.7. The van der Waals surface area contributed by atoms with Gasteiger partial charge in [-0.15, -0.1) is 0 Å². The Labute approximate surface area is 189 Å². The fourth-order valence-corrected chi connectivity index (χ4v) is 3.85. The van der Waals surface area contributed by atoms with Gasteiger partial charge in [0.05, 0.1) is 30.5 Å². The molecule has 5 rings (SSSR count). The van der Waals surface area contributed by atoms with Crippen LogP contribution in [0.1, 0.15) is 42.3 Å². The van der Waals surface area contributed by atoms with Crippen molar-refractivity contribution in [3.63, 3.8) is 0 Å². The van der Waals surface area contributed by atoms with Crippen molar-refractivity contribution in [2.45, 2.75) is 13.2 Å². The van der Waals surface area contributed by atoms with E-state index in [1.54, 1.807) is 48.7 Å². The van der Waals surface area contributed by atoms with E-state index in [2.05, 4.69) is 4.98 Å². The van der Waals surface area contributed by atoms with E-state index in [1.807, 2.05) is 28.8 Å². The smallest absolute Gasteiger partial charge is 0.342 e. The van der Waals surface area contributed by atoms with Gasteiger partial charge in [0.1, 0.15) is 23.6 Å². The SMILES string of the molecule is COc1ccc(CN2C(=O)c3ccccc3C2=O)cc1C(=O)OCc1cn2ccccc2n1. The summed E-state index contributed by atoms with van der Waals surface area (Å²) in [6, 6.07) is 17.2. The molecule has 164 valence electrons. The van der Waals surface area contributed by atoms with E-state index in [-0.39, 0.29) is 30.5 Å². The average Bonchev–Trinajstić information content (AvgIpc) is 3.37. The Balaban J connectivity index is 1.34. The maximum atomic E-state index is 12.8. The number of hydrogen-bond donors (Lipinski definition) is 0. The second-order valence-electron chi connectivity index (χ2n) is 7.55. The number of benzene rings is 2. The number of pyridine rings is 1. The first-order valence-corrected chi connectivity index (χ1v) is 10.3. The lowest BCUT2D eigenvalue weighted by Gasteiger charge is -2.15. The fraction of sp³-hybridized carbons (Fsp3) is 0.120. The van der Waals surface area contributed by atoms with Crippen molar-refractivity contribution >= 4 is 23.4 Å². The maximum absolute atomic E-state index is 12.8. The number of methoxy groups -OCH3 is 1. The molecule has 1 aliphatic heterocycles. The molecule has 3 heterocycles. The van der Waals surface area contributed by atoms with Gasteiger partial charge in [0.15, 0.2) is 0 Å². The molecule has 2 aromatic carbocycles. The number of amides is 2. The summed E-state index contributed by atoms with van der Waals surface area (Å²) >= 11 is 0. The highest BCUT2D eigenvalue weighted by Gasteiger charge is 2.35. The topological polar surface area (TPSA) is 90.2 Å². The van der Waals surface area contributed by atoms with Crippen LogP contribution >= 0.6 is 0 Å². The third-order valence-electron chi connectivity index (χ3n) is 5.47. The number of imide groups is 1. The minimum atomic E-state index is -0.590. The van der Waals surface area contributed by atoms with Gasteiger partial charge in [0.2, 0.25) is 0 Å². The molecule has 2 amide bonds. The molecule has 0 fully saturated rings. The Morgan fingerprint density at radius 2 is 1.70 bits per heavy atom. The van der Waals surface area contributed by atoms with Gasteiger partial charge in [-0.2, -0.15) is 0 Å². The summed E-state index contributed by atoms with van der Waals surface area (Å²) in [4.78, 5) is 43.7. The lowest BCUT2D eigenvalue weighted by Crippen LogP contribution is -2.29. The van der Waals surface area contributed by atoms with Gasteiger partial charge in [0, 0.05) is 12.4 Å². The van der Waals surface area contributed by atoms with Crippen LogP contribution in [0.25, 0.3) is 5.65 Å². The second-order valence-corrected chi connectivity index (χ2v) is 7.55. The van der Waals surface area contributed by atoms with Crippen LogP contribution in [0.15, 0.2) is 73.1 Å². The van der Waals surface area contributed by atoms with Crippen LogP contribution in [-0.2, 0) is 17.9 Å². The van der Waals surface area contributed by atoms with Crippen LogP contribution < -0.4 is 4.74 Å². The minimum absolute atomic E-state index is 0.00764. The quantitative estimate of drug-likeness (QED) is 0.336. The van der Waals surface area contributed by atoms with E-state index >= 15 is 0 Å². The molecule has 0 unspecified atom stereocenters. The van der Waals surface area contributed by atoms with E-state index in [4.69, 9.17) is 9.47 Å². The monoisotopic (exact) mass is 441 g/mol. The lowest BCUT2D eigenvalue weighted by atomic mass is 10.1. The molecule has 2 aromatic heterocycles. The maximum Gasteiger partial charge on any atom is 0.342 e. The number of fused-ring (bicyclic) bond motifs is 2. The Bertz CT molecular complexity index is 1340. The summed E-state index contributed by atoms with van der Waals surface area (Å²) < 4.78 is 12.6. The number of esters is 1. The molecule has 0 atom stereocenters. The molecule has 0 aliphatic carbocycles. The summed E-state index contributed by atoms with van der Waals surface area (Å²) in [5.74, 6) is -0.973. The Morgan fingerprint density at radius 1 is 0.970 bits per heavy atom. The summed E-state index contributed by atoms with van der Waals surface area (Å²) in [6.45, 7) is 0.0232. The number of hydrogen-bond acceptors (Lipinski definition) is 6. The Morgan fingerprint density at radius 3 is 2.39 bits per heavy atom. The van der Waals surface area contributed by atoms with Crippen LogP contribution in [0.3, 0.4) is 0 Å². The van der Waals surface area contributed by atoms with Gasteiger partial charge in [0.25, 0.3) is 11.8 Å². The molecule has 33 heavy (non-hydrogen) atoms. The van der Waals surface area contributed by atoms with Crippen molar-refractivity contribution in [2.24, 2.45) is 0 Å². The third-order valence-corrected chi connectivity index (χ3v) is 5.47. The number of carbonyl (C=O) groups is 3. The zero-order chi connectivity index (χ0) is 22.9.